The molecule has 0 saturated heterocycles. The number of pyridine rings is 2. The second-order valence-corrected chi connectivity index (χ2v) is 6.41. The first-order chi connectivity index (χ1) is 14.1. The number of halogens is 1. The summed E-state index contributed by atoms with van der Waals surface area (Å²) in [4.78, 5) is 11.7. The van der Waals surface area contributed by atoms with Gasteiger partial charge in [0, 0.05) is 18.0 Å². The van der Waals surface area contributed by atoms with E-state index < -0.39 is 11.9 Å². The molecule has 0 fully saturated rings. The number of nitrogens with two attached hydrogens (primary N) is 1. The summed E-state index contributed by atoms with van der Waals surface area (Å²) in [5.41, 5.74) is 8.63. The van der Waals surface area contributed by atoms with Crippen molar-refractivity contribution in [1.29, 1.82) is 0 Å². The Bertz CT molecular complexity index is 1230. The summed E-state index contributed by atoms with van der Waals surface area (Å²) in [6, 6.07) is 11.2. The van der Waals surface area contributed by atoms with Crippen LogP contribution in [-0.4, -0.2) is 26.9 Å². The molecule has 0 aliphatic rings. The third kappa shape index (κ3) is 3.51. The molecule has 3 aromatic heterocycles. The van der Waals surface area contributed by atoms with Gasteiger partial charge in [0.2, 0.25) is 0 Å². The van der Waals surface area contributed by atoms with E-state index in [9.17, 15) is 4.39 Å². The molecule has 4 aromatic rings. The highest BCUT2D eigenvalue weighted by molar-refractivity contribution is 5.82. The number of fused-ring (bicyclic) bond motifs is 1. The zero-order chi connectivity index (χ0) is 20.4. The van der Waals surface area contributed by atoms with Crippen LogP contribution in [-0.2, 0) is 6.42 Å². The lowest BCUT2D eigenvalue weighted by Crippen LogP contribution is -2.19. The van der Waals surface area contributed by atoms with Crippen LogP contribution in [0.2, 0.25) is 0 Å². The van der Waals surface area contributed by atoms with Crippen molar-refractivity contribution in [3.63, 3.8) is 0 Å². The summed E-state index contributed by atoms with van der Waals surface area (Å²) in [7, 11) is 1.61. The van der Waals surface area contributed by atoms with Crippen molar-refractivity contribution in [3.8, 4) is 11.4 Å². The number of nitrogens with zero attached hydrogens (tertiary/aromatic N) is 5. The first kappa shape index (κ1) is 18.5. The Morgan fingerprint density at radius 1 is 1.28 bits per heavy atom. The van der Waals surface area contributed by atoms with Crippen LogP contribution in [0.15, 0.2) is 54.9 Å². The van der Waals surface area contributed by atoms with Crippen LogP contribution < -0.4 is 10.5 Å². The number of benzene rings is 1. The number of methoxy groups -OCH3 is 1. The molecule has 0 bridgehead atoms. The highest BCUT2D eigenvalue weighted by atomic mass is 19.1. The lowest BCUT2D eigenvalue weighted by molar-refractivity contribution is 0.415. The van der Waals surface area contributed by atoms with Crippen molar-refractivity contribution in [1.82, 2.24) is 19.7 Å². The van der Waals surface area contributed by atoms with Crippen LogP contribution in [0.25, 0.3) is 21.4 Å². The number of hydrogen-bond donors (Lipinski definition) is 1. The molecule has 4 rings (SSSR count). The molecule has 0 spiro atoms. The van der Waals surface area contributed by atoms with Gasteiger partial charge in [0.05, 0.1) is 36.2 Å². The van der Waals surface area contributed by atoms with Crippen molar-refractivity contribution < 1.29 is 9.13 Å². The van der Waals surface area contributed by atoms with Crippen LogP contribution >= 0.6 is 0 Å². The minimum absolute atomic E-state index is 0.103. The Hall–Kier alpha value is -3.83. The van der Waals surface area contributed by atoms with Crippen LogP contribution in [0, 0.1) is 12.4 Å². The van der Waals surface area contributed by atoms with E-state index in [1.807, 2.05) is 24.3 Å². The lowest BCUT2D eigenvalue weighted by atomic mass is 10.1. The Labute approximate surface area is 166 Å². The van der Waals surface area contributed by atoms with Crippen molar-refractivity contribution in [2.75, 3.05) is 7.11 Å². The average Bonchev–Trinajstić information content (AvgIpc) is 3.18. The van der Waals surface area contributed by atoms with E-state index in [0.29, 0.717) is 11.4 Å². The summed E-state index contributed by atoms with van der Waals surface area (Å²) in [5, 5.41) is 5.38. The summed E-state index contributed by atoms with van der Waals surface area (Å²) in [6.07, 6.45) is 3.47. The van der Waals surface area contributed by atoms with Gasteiger partial charge in [-0.05, 0) is 42.5 Å². The standard InChI is InChI=1S/C21H17FN6O/c1-24-20-8-6-15(22)17(27-20)11-16(23)21-19(4-3-9-25-21)28-18-7-5-14(29-2)10-13(18)12-26-28/h3-10,12,16H,11,23H2,2H3/t16-/m0/s1. The van der Waals surface area contributed by atoms with E-state index >= 15 is 0 Å². The van der Waals surface area contributed by atoms with Crippen LogP contribution in [0.1, 0.15) is 17.4 Å². The molecule has 144 valence electrons. The van der Waals surface area contributed by atoms with Gasteiger partial charge in [0.25, 0.3) is 5.82 Å². The zero-order valence-corrected chi connectivity index (χ0v) is 15.6. The van der Waals surface area contributed by atoms with Gasteiger partial charge in [-0.3, -0.25) is 4.98 Å². The lowest BCUT2D eigenvalue weighted by Gasteiger charge is -2.15. The molecular formula is C21H17FN6O. The second-order valence-electron chi connectivity index (χ2n) is 6.41. The van der Waals surface area contributed by atoms with Gasteiger partial charge in [0.1, 0.15) is 5.75 Å². The topological polar surface area (TPSA) is 83.2 Å². The van der Waals surface area contributed by atoms with E-state index in [1.54, 1.807) is 30.3 Å². The fourth-order valence-electron chi connectivity index (χ4n) is 3.19. The van der Waals surface area contributed by atoms with Gasteiger partial charge >= 0.3 is 0 Å². The van der Waals surface area contributed by atoms with Crippen molar-refractivity contribution in [2.24, 2.45) is 5.73 Å². The number of hydrogen-bond acceptors (Lipinski definition) is 5. The quantitative estimate of drug-likeness (QED) is 0.527. The monoisotopic (exact) mass is 388 g/mol. The van der Waals surface area contributed by atoms with E-state index in [4.69, 9.17) is 17.0 Å². The number of rotatable bonds is 5. The molecule has 0 amide bonds. The maximum atomic E-state index is 14.2. The predicted molar refractivity (Wildman–Crippen MR) is 107 cm³/mol. The number of aromatic nitrogens is 4. The third-order valence-corrected chi connectivity index (χ3v) is 4.60. The fraction of sp³-hybridized carbons (Fsp3) is 0.143. The minimum Gasteiger partial charge on any atom is -0.497 e. The molecule has 7 nitrogen and oxygen atoms in total. The Morgan fingerprint density at radius 2 is 2.14 bits per heavy atom. The Morgan fingerprint density at radius 3 is 2.93 bits per heavy atom. The van der Waals surface area contributed by atoms with Gasteiger partial charge < -0.3 is 15.3 Å². The summed E-state index contributed by atoms with van der Waals surface area (Å²) >= 11 is 0. The van der Waals surface area contributed by atoms with Crippen LogP contribution in [0.4, 0.5) is 10.2 Å². The molecule has 0 radical (unpaired) electrons. The molecule has 1 aromatic carbocycles. The molecule has 29 heavy (non-hydrogen) atoms. The smallest absolute Gasteiger partial charge is 0.269 e. The predicted octanol–water partition coefficient (Wildman–Crippen LogP) is 3.76. The maximum Gasteiger partial charge on any atom is 0.269 e. The Kier molecular flexibility index (Phi) is 4.89. The second kappa shape index (κ2) is 7.66. The summed E-state index contributed by atoms with van der Waals surface area (Å²) < 4.78 is 21.2. The van der Waals surface area contributed by atoms with Gasteiger partial charge in [-0.15, -0.1) is 4.98 Å². The van der Waals surface area contributed by atoms with Crippen molar-refractivity contribution in [2.45, 2.75) is 12.5 Å². The highest BCUT2D eigenvalue weighted by Gasteiger charge is 2.21. The van der Waals surface area contributed by atoms with E-state index in [2.05, 4.69) is 19.9 Å². The van der Waals surface area contributed by atoms with Gasteiger partial charge in [0.15, 0.2) is 11.5 Å². The first-order valence-corrected chi connectivity index (χ1v) is 8.86. The third-order valence-electron chi connectivity index (χ3n) is 4.60. The van der Waals surface area contributed by atoms with Crippen molar-refractivity contribution >= 4 is 16.7 Å². The van der Waals surface area contributed by atoms with Crippen molar-refractivity contribution in [3.05, 3.63) is 83.5 Å². The highest BCUT2D eigenvalue weighted by Crippen LogP contribution is 2.27. The normalized spacial score (nSPS) is 11.9. The van der Waals surface area contributed by atoms with Crippen LogP contribution in [0.5, 0.6) is 5.75 Å². The first-order valence-electron chi connectivity index (χ1n) is 8.86. The van der Waals surface area contributed by atoms with Gasteiger partial charge in [-0.25, -0.2) is 9.07 Å². The molecule has 3 heterocycles. The van der Waals surface area contributed by atoms with E-state index in [0.717, 1.165) is 16.7 Å². The largest absolute Gasteiger partial charge is 0.497 e. The van der Waals surface area contributed by atoms with Gasteiger partial charge in [-0.1, -0.05) is 6.57 Å². The maximum absolute atomic E-state index is 14.2. The molecule has 0 aliphatic carbocycles. The SMILES string of the molecule is [C-]#[N+]c1ccc(F)c(C[C@H](N)c2ncccc2-n2ncc3cc(OC)ccc32)n1. The van der Waals surface area contributed by atoms with Crippen LogP contribution in [0.3, 0.4) is 0 Å². The summed E-state index contributed by atoms with van der Waals surface area (Å²) in [5.74, 6) is 0.366. The fourth-order valence-corrected chi connectivity index (χ4v) is 3.19. The van der Waals surface area contributed by atoms with E-state index in [1.165, 1.54) is 12.1 Å². The zero-order valence-electron chi connectivity index (χ0n) is 15.6. The van der Waals surface area contributed by atoms with Gasteiger partial charge in [-0.2, -0.15) is 5.10 Å². The molecule has 0 saturated carbocycles. The molecule has 0 aliphatic heterocycles. The molecular weight excluding hydrogens is 371 g/mol. The van der Waals surface area contributed by atoms with E-state index in [-0.39, 0.29) is 17.9 Å². The number of ether oxygens (including phenoxy) is 1. The molecule has 1 atom stereocenters. The molecule has 8 heteroatoms. The molecule has 0 unspecified atom stereocenters. The average molecular weight is 388 g/mol. The minimum atomic E-state index is -0.633. The Balaban J connectivity index is 1.73. The molecule has 2 N–H and O–H groups in total. The summed E-state index contributed by atoms with van der Waals surface area (Å²) in [6.45, 7) is 7.07.